The fourth-order valence-electron chi connectivity index (χ4n) is 2.06. The molecule has 2 rings (SSSR count). The standard InChI is InChI=1S/C11H15BrClNS/c1-11(7-12)2-3-14(8-11)5-9-4-10(13)15-6-9/h4,6H,2-3,5,7-8H2,1H3. The van der Waals surface area contributed by atoms with E-state index in [1.165, 1.54) is 25.1 Å². The molecule has 0 bridgehead atoms. The topological polar surface area (TPSA) is 3.24 Å². The summed E-state index contributed by atoms with van der Waals surface area (Å²) < 4.78 is 0.896. The van der Waals surface area contributed by atoms with Crippen molar-refractivity contribution in [3.05, 3.63) is 21.3 Å². The third-order valence-electron chi connectivity index (χ3n) is 2.99. The molecule has 1 aliphatic heterocycles. The molecule has 4 heteroatoms. The quantitative estimate of drug-likeness (QED) is 0.763. The zero-order valence-electron chi connectivity index (χ0n) is 8.80. The van der Waals surface area contributed by atoms with Crippen molar-refractivity contribution in [2.75, 3.05) is 18.4 Å². The third-order valence-corrected chi connectivity index (χ3v) is 5.48. The maximum atomic E-state index is 5.92. The van der Waals surface area contributed by atoms with Gasteiger partial charge in [-0.05, 0) is 35.4 Å². The van der Waals surface area contributed by atoms with Gasteiger partial charge in [0.05, 0.1) is 4.34 Å². The highest BCUT2D eigenvalue weighted by molar-refractivity contribution is 9.09. The van der Waals surface area contributed by atoms with Crippen molar-refractivity contribution < 1.29 is 0 Å². The van der Waals surface area contributed by atoms with Gasteiger partial charge in [-0.2, -0.15) is 0 Å². The molecule has 84 valence electrons. The Morgan fingerprint density at radius 1 is 1.67 bits per heavy atom. The van der Waals surface area contributed by atoms with E-state index in [1.807, 2.05) is 0 Å². The molecule has 1 atom stereocenters. The zero-order valence-corrected chi connectivity index (χ0v) is 12.0. The predicted molar refractivity (Wildman–Crippen MR) is 71.1 cm³/mol. The Balaban J connectivity index is 1.92. The summed E-state index contributed by atoms with van der Waals surface area (Å²) in [6.07, 6.45) is 1.29. The minimum Gasteiger partial charge on any atom is -0.298 e. The van der Waals surface area contributed by atoms with Crippen molar-refractivity contribution in [2.45, 2.75) is 19.9 Å². The summed E-state index contributed by atoms with van der Waals surface area (Å²) in [5.74, 6) is 0. The van der Waals surface area contributed by atoms with Crippen LogP contribution in [0.25, 0.3) is 0 Å². The molecule has 1 fully saturated rings. The molecule has 0 aromatic carbocycles. The van der Waals surface area contributed by atoms with Gasteiger partial charge in [0.25, 0.3) is 0 Å². The summed E-state index contributed by atoms with van der Waals surface area (Å²) in [4.78, 5) is 2.51. The van der Waals surface area contributed by atoms with Gasteiger partial charge in [-0.15, -0.1) is 11.3 Å². The first-order valence-electron chi connectivity index (χ1n) is 5.12. The second-order valence-electron chi connectivity index (χ2n) is 4.66. The van der Waals surface area contributed by atoms with Crippen LogP contribution in [0.2, 0.25) is 4.34 Å². The number of thiophene rings is 1. The van der Waals surface area contributed by atoms with Crippen molar-refractivity contribution >= 4 is 38.9 Å². The summed E-state index contributed by atoms with van der Waals surface area (Å²) in [6.45, 7) is 5.79. The second-order valence-corrected chi connectivity index (χ2v) is 6.77. The monoisotopic (exact) mass is 307 g/mol. The molecule has 1 aliphatic rings. The summed E-state index contributed by atoms with van der Waals surface area (Å²) in [6, 6.07) is 2.08. The van der Waals surface area contributed by atoms with E-state index in [0.717, 1.165) is 16.2 Å². The third kappa shape index (κ3) is 2.96. The van der Waals surface area contributed by atoms with E-state index in [4.69, 9.17) is 11.6 Å². The molecule has 0 saturated carbocycles. The van der Waals surface area contributed by atoms with Crippen LogP contribution >= 0.6 is 38.9 Å². The molecule has 1 aromatic rings. The van der Waals surface area contributed by atoms with Gasteiger partial charge in [0.1, 0.15) is 0 Å². The first-order chi connectivity index (χ1) is 7.11. The van der Waals surface area contributed by atoms with Crippen LogP contribution in [0.4, 0.5) is 0 Å². The molecule has 1 saturated heterocycles. The Morgan fingerprint density at radius 3 is 3.00 bits per heavy atom. The number of hydrogen-bond acceptors (Lipinski definition) is 2. The van der Waals surface area contributed by atoms with Gasteiger partial charge in [0.15, 0.2) is 0 Å². The average Bonchev–Trinajstić information content (AvgIpc) is 2.76. The fraction of sp³-hybridized carbons (Fsp3) is 0.636. The van der Waals surface area contributed by atoms with Crippen LogP contribution in [0.5, 0.6) is 0 Å². The predicted octanol–water partition coefficient (Wildman–Crippen LogP) is 4.01. The normalized spacial score (nSPS) is 27.4. The van der Waals surface area contributed by atoms with Crippen molar-refractivity contribution in [1.82, 2.24) is 4.90 Å². The molecule has 0 amide bonds. The smallest absolute Gasteiger partial charge is 0.0931 e. The summed E-state index contributed by atoms with van der Waals surface area (Å²) in [5.41, 5.74) is 1.81. The van der Waals surface area contributed by atoms with Crippen LogP contribution in [0.15, 0.2) is 11.4 Å². The first-order valence-corrected chi connectivity index (χ1v) is 7.50. The van der Waals surface area contributed by atoms with Crippen molar-refractivity contribution in [2.24, 2.45) is 5.41 Å². The Hall–Kier alpha value is 0.430. The Morgan fingerprint density at radius 2 is 2.47 bits per heavy atom. The lowest BCUT2D eigenvalue weighted by molar-refractivity contribution is 0.288. The molecular formula is C11H15BrClNS. The fourth-order valence-corrected chi connectivity index (χ4v) is 3.41. The lowest BCUT2D eigenvalue weighted by Gasteiger charge is -2.21. The Labute approximate surface area is 109 Å². The highest BCUT2D eigenvalue weighted by Gasteiger charge is 2.32. The Bertz CT molecular complexity index is 341. The summed E-state index contributed by atoms with van der Waals surface area (Å²) in [7, 11) is 0. The molecular weight excluding hydrogens is 294 g/mol. The van der Waals surface area contributed by atoms with Crippen LogP contribution in [0, 0.1) is 5.41 Å². The molecule has 0 spiro atoms. The first kappa shape index (κ1) is 11.9. The van der Waals surface area contributed by atoms with Gasteiger partial charge in [0.2, 0.25) is 0 Å². The molecule has 1 unspecified atom stereocenters. The SMILES string of the molecule is CC1(CBr)CCN(Cc2csc(Cl)c2)C1. The van der Waals surface area contributed by atoms with Crippen LogP contribution in [0.1, 0.15) is 18.9 Å². The van der Waals surface area contributed by atoms with Crippen molar-refractivity contribution in [3.63, 3.8) is 0 Å². The lowest BCUT2D eigenvalue weighted by atomic mass is 9.93. The largest absolute Gasteiger partial charge is 0.298 e. The van der Waals surface area contributed by atoms with Gasteiger partial charge in [-0.25, -0.2) is 0 Å². The van der Waals surface area contributed by atoms with Gasteiger partial charge in [-0.3, -0.25) is 4.90 Å². The van der Waals surface area contributed by atoms with E-state index in [0.29, 0.717) is 5.41 Å². The average molecular weight is 309 g/mol. The highest BCUT2D eigenvalue weighted by Crippen LogP contribution is 2.33. The maximum Gasteiger partial charge on any atom is 0.0931 e. The molecule has 0 N–H and O–H groups in total. The van der Waals surface area contributed by atoms with E-state index >= 15 is 0 Å². The number of nitrogens with zero attached hydrogens (tertiary/aromatic N) is 1. The second kappa shape index (κ2) is 4.74. The number of rotatable bonds is 3. The molecule has 1 nitrogen and oxygen atoms in total. The number of likely N-dealkylation sites (tertiary alicyclic amines) is 1. The summed E-state index contributed by atoms with van der Waals surface area (Å²) >= 11 is 11.1. The zero-order chi connectivity index (χ0) is 10.9. The van der Waals surface area contributed by atoms with Crippen LogP contribution in [0.3, 0.4) is 0 Å². The summed E-state index contributed by atoms with van der Waals surface area (Å²) in [5, 5.41) is 3.26. The van der Waals surface area contributed by atoms with E-state index in [-0.39, 0.29) is 0 Å². The van der Waals surface area contributed by atoms with Crippen LogP contribution in [-0.2, 0) is 6.54 Å². The van der Waals surface area contributed by atoms with E-state index in [1.54, 1.807) is 11.3 Å². The molecule has 2 heterocycles. The van der Waals surface area contributed by atoms with Crippen LogP contribution < -0.4 is 0 Å². The molecule has 15 heavy (non-hydrogen) atoms. The van der Waals surface area contributed by atoms with Gasteiger partial charge >= 0.3 is 0 Å². The van der Waals surface area contributed by atoms with Crippen molar-refractivity contribution in [1.29, 1.82) is 0 Å². The minimum absolute atomic E-state index is 0.458. The minimum atomic E-state index is 0.458. The van der Waals surface area contributed by atoms with Gasteiger partial charge in [0, 0.05) is 18.4 Å². The van der Waals surface area contributed by atoms with Gasteiger partial charge in [-0.1, -0.05) is 34.5 Å². The van der Waals surface area contributed by atoms with E-state index in [2.05, 4.69) is 39.2 Å². The molecule has 1 aromatic heterocycles. The van der Waals surface area contributed by atoms with Gasteiger partial charge < -0.3 is 0 Å². The van der Waals surface area contributed by atoms with E-state index in [9.17, 15) is 0 Å². The number of alkyl halides is 1. The van der Waals surface area contributed by atoms with Crippen molar-refractivity contribution in [3.8, 4) is 0 Å². The number of hydrogen-bond donors (Lipinski definition) is 0. The maximum absolute atomic E-state index is 5.92. The van der Waals surface area contributed by atoms with Crippen LogP contribution in [-0.4, -0.2) is 23.3 Å². The highest BCUT2D eigenvalue weighted by atomic mass is 79.9. The van der Waals surface area contributed by atoms with E-state index < -0.39 is 0 Å². The number of halogens is 2. The molecule has 0 radical (unpaired) electrons. The lowest BCUT2D eigenvalue weighted by Crippen LogP contribution is -2.25. The molecule has 0 aliphatic carbocycles. The Kier molecular flexibility index (Phi) is 3.76.